The molecule has 0 amide bonds. The van der Waals surface area contributed by atoms with E-state index in [-0.39, 0.29) is 0 Å². The highest BCUT2D eigenvalue weighted by atomic mass is 15.0. The molecular weight excluding hydrogens is 162 g/mol. The van der Waals surface area contributed by atoms with Crippen molar-refractivity contribution in [2.24, 2.45) is 0 Å². The minimum absolute atomic E-state index is 0.459. The Morgan fingerprint density at radius 3 is 2.85 bits per heavy atom. The highest BCUT2D eigenvalue weighted by Crippen LogP contribution is 2.21. The van der Waals surface area contributed by atoms with Crippen molar-refractivity contribution < 1.29 is 0 Å². The molecule has 1 saturated heterocycles. The summed E-state index contributed by atoms with van der Waals surface area (Å²) in [6, 6.07) is 2.54. The molecule has 0 radical (unpaired) electrons. The highest BCUT2D eigenvalue weighted by Gasteiger charge is 2.17. The molecule has 1 aliphatic rings. The van der Waals surface area contributed by atoms with Gasteiger partial charge in [0.1, 0.15) is 5.82 Å². The van der Waals surface area contributed by atoms with Crippen molar-refractivity contribution in [2.45, 2.75) is 32.7 Å². The second-order valence-corrected chi connectivity index (χ2v) is 3.63. The number of hydrogen-bond acceptors (Lipinski definition) is 3. The number of aryl methyl sites for hydroxylation is 2. The quantitative estimate of drug-likeness (QED) is 0.706. The van der Waals surface area contributed by atoms with Crippen LogP contribution in [-0.2, 0) is 0 Å². The molecule has 1 aliphatic heterocycles. The van der Waals surface area contributed by atoms with E-state index in [1.165, 1.54) is 12.8 Å². The molecule has 1 atom stereocenters. The first kappa shape index (κ1) is 8.63. The van der Waals surface area contributed by atoms with Crippen molar-refractivity contribution in [3.05, 3.63) is 23.3 Å². The Hall–Kier alpha value is -0.960. The Morgan fingerprint density at radius 1 is 1.38 bits per heavy atom. The van der Waals surface area contributed by atoms with E-state index in [9.17, 15) is 0 Å². The summed E-state index contributed by atoms with van der Waals surface area (Å²) < 4.78 is 0. The molecule has 3 heteroatoms. The van der Waals surface area contributed by atoms with Crippen LogP contribution < -0.4 is 5.32 Å². The summed E-state index contributed by atoms with van der Waals surface area (Å²) in [5.41, 5.74) is 2.22. The van der Waals surface area contributed by atoms with Crippen LogP contribution in [0.5, 0.6) is 0 Å². The maximum Gasteiger partial charge on any atom is 0.125 e. The predicted molar refractivity (Wildman–Crippen MR) is 51.5 cm³/mol. The molecule has 1 aromatic heterocycles. The van der Waals surface area contributed by atoms with Crippen LogP contribution in [0.4, 0.5) is 0 Å². The summed E-state index contributed by atoms with van der Waals surface area (Å²) >= 11 is 0. The fraction of sp³-hybridized carbons (Fsp3) is 0.600. The number of aromatic nitrogens is 2. The van der Waals surface area contributed by atoms with E-state index < -0.39 is 0 Å². The fourth-order valence-electron chi connectivity index (χ4n) is 1.86. The van der Waals surface area contributed by atoms with Crippen LogP contribution in [0.25, 0.3) is 0 Å². The van der Waals surface area contributed by atoms with Gasteiger partial charge in [-0.3, -0.25) is 0 Å². The molecule has 3 nitrogen and oxygen atoms in total. The van der Waals surface area contributed by atoms with E-state index in [1.807, 2.05) is 13.8 Å². The van der Waals surface area contributed by atoms with E-state index in [0.717, 1.165) is 23.8 Å². The molecule has 0 bridgehead atoms. The molecule has 70 valence electrons. The molecule has 2 heterocycles. The number of nitrogens with one attached hydrogen (secondary N) is 1. The summed E-state index contributed by atoms with van der Waals surface area (Å²) in [6.07, 6.45) is 2.46. The first-order chi connectivity index (χ1) is 6.25. The fourth-order valence-corrected chi connectivity index (χ4v) is 1.86. The van der Waals surface area contributed by atoms with E-state index >= 15 is 0 Å². The Labute approximate surface area is 78.6 Å². The zero-order valence-corrected chi connectivity index (χ0v) is 8.17. The number of nitrogens with zero attached hydrogens (tertiary/aromatic N) is 2. The van der Waals surface area contributed by atoms with Gasteiger partial charge in [-0.25, -0.2) is 9.97 Å². The molecule has 0 spiro atoms. The largest absolute Gasteiger partial charge is 0.309 e. The third kappa shape index (κ3) is 1.86. The minimum Gasteiger partial charge on any atom is -0.309 e. The van der Waals surface area contributed by atoms with Gasteiger partial charge in [0.15, 0.2) is 0 Å². The van der Waals surface area contributed by atoms with Gasteiger partial charge in [-0.2, -0.15) is 0 Å². The molecule has 0 aliphatic carbocycles. The lowest BCUT2D eigenvalue weighted by Gasteiger charge is -2.10. The van der Waals surface area contributed by atoms with Gasteiger partial charge in [0.25, 0.3) is 0 Å². The maximum absolute atomic E-state index is 4.44. The minimum atomic E-state index is 0.459. The Bertz CT molecular complexity index is 283. The molecular formula is C10H15N3. The summed E-state index contributed by atoms with van der Waals surface area (Å²) in [4.78, 5) is 8.71. The first-order valence-corrected chi connectivity index (χ1v) is 4.81. The summed E-state index contributed by atoms with van der Waals surface area (Å²) in [6.45, 7) is 5.09. The zero-order valence-electron chi connectivity index (χ0n) is 8.17. The molecule has 1 N–H and O–H groups in total. The summed E-state index contributed by atoms with van der Waals surface area (Å²) in [5, 5.41) is 3.44. The average Bonchev–Trinajstić information content (AvgIpc) is 2.53. The predicted octanol–water partition coefficient (Wildman–Crippen LogP) is 1.52. The topological polar surface area (TPSA) is 37.8 Å². The van der Waals surface area contributed by atoms with E-state index in [1.54, 1.807) is 0 Å². The second-order valence-electron chi connectivity index (χ2n) is 3.63. The lowest BCUT2D eigenvalue weighted by Crippen LogP contribution is -2.15. The van der Waals surface area contributed by atoms with Crippen LogP contribution in [0.1, 0.15) is 36.1 Å². The monoisotopic (exact) mass is 177 g/mol. The van der Waals surface area contributed by atoms with Gasteiger partial charge in [-0.15, -0.1) is 0 Å². The molecule has 1 aromatic rings. The normalized spacial score (nSPS) is 22.2. The van der Waals surface area contributed by atoms with Gasteiger partial charge in [0.2, 0.25) is 0 Å². The molecule has 0 unspecified atom stereocenters. The Balaban J connectivity index is 2.28. The van der Waals surface area contributed by atoms with E-state index in [4.69, 9.17) is 0 Å². The van der Waals surface area contributed by atoms with Crippen LogP contribution in [0.2, 0.25) is 0 Å². The van der Waals surface area contributed by atoms with Crippen LogP contribution >= 0.6 is 0 Å². The third-order valence-corrected chi connectivity index (χ3v) is 2.40. The van der Waals surface area contributed by atoms with Gasteiger partial charge in [-0.1, -0.05) is 0 Å². The number of rotatable bonds is 1. The molecule has 1 fully saturated rings. The van der Waals surface area contributed by atoms with E-state index in [2.05, 4.69) is 21.4 Å². The van der Waals surface area contributed by atoms with Crippen LogP contribution in [0.15, 0.2) is 6.07 Å². The van der Waals surface area contributed by atoms with Crippen molar-refractivity contribution in [1.82, 2.24) is 15.3 Å². The van der Waals surface area contributed by atoms with E-state index in [0.29, 0.717) is 6.04 Å². The molecule has 13 heavy (non-hydrogen) atoms. The van der Waals surface area contributed by atoms with Crippen molar-refractivity contribution in [3.8, 4) is 0 Å². The average molecular weight is 177 g/mol. The maximum atomic E-state index is 4.44. The zero-order chi connectivity index (χ0) is 9.26. The first-order valence-electron chi connectivity index (χ1n) is 4.81. The number of hydrogen-bond donors (Lipinski definition) is 1. The van der Waals surface area contributed by atoms with Crippen LogP contribution in [0, 0.1) is 13.8 Å². The van der Waals surface area contributed by atoms with Crippen LogP contribution in [-0.4, -0.2) is 16.5 Å². The second kappa shape index (κ2) is 3.42. The van der Waals surface area contributed by atoms with Gasteiger partial charge >= 0.3 is 0 Å². The summed E-state index contributed by atoms with van der Waals surface area (Å²) in [7, 11) is 0. The lowest BCUT2D eigenvalue weighted by atomic mass is 10.1. The van der Waals surface area contributed by atoms with Gasteiger partial charge in [0.05, 0.1) is 5.69 Å². The Kier molecular flexibility index (Phi) is 2.27. The molecule has 2 rings (SSSR count). The lowest BCUT2D eigenvalue weighted by molar-refractivity contribution is 0.621. The van der Waals surface area contributed by atoms with Crippen molar-refractivity contribution >= 4 is 0 Å². The highest BCUT2D eigenvalue weighted by molar-refractivity contribution is 5.14. The Morgan fingerprint density at radius 2 is 2.23 bits per heavy atom. The summed E-state index contributed by atoms with van der Waals surface area (Å²) in [5.74, 6) is 0.878. The van der Waals surface area contributed by atoms with Crippen molar-refractivity contribution in [3.63, 3.8) is 0 Å². The van der Waals surface area contributed by atoms with Gasteiger partial charge < -0.3 is 5.32 Å². The molecule has 0 aromatic carbocycles. The SMILES string of the molecule is Cc1cc([C@@H]2CCCN2)nc(C)n1. The van der Waals surface area contributed by atoms with Crippen molar-refractivity contribution in [1.29, 1.82) is 0 Å². The van der Waals surface area contributed by atoms with Crippen molar-refractivity contribution in [2.75, 3.05) is 6.54 Å². The smallest absolute Gasteiger partial charge is 0.125 e. The standard InChI is InChI=1S/C10H15N3/c1-7-6-10(13-8(2)12-7)9-4-3-5-11-9/h6,9,11H,3-5H2,1-2H3/t9-/m0/s1. The van der Waals surface area contributed by atoms with Gasteiger partial charge in [0, 0.05) is 11.7 Å². The van der Waals surface area contributed by atoms with Gasteiger partial charge in [-0.05, 0) is 39.3 Å². The third-order valence-electron chi connectivity index (χ3n) is 2.40. The molecule has 0 saturated carbocycles. The van der Waals surface area contributed by atoms with Crippen LogP contribution in [0.3, 0.4) is 0 Å².